The predicted octanol–water partition coefficient (Wildman–Crippen LogP) is 2.20. The highest BCUT2D eigenvalue weighted by Gasteiger charge is 2.24. The SMILES string of the molecule is Cc1cnc(OC2CCN(C(=O)CC(C)C)CC2)nc1. The minimum absolute atomic E-state index is 0.112. The smallest absolute Gasteiger partial charge is 0.316 e. The Kier molecular flexibility index (Phi) is 4.93. The standard InChI is InChI=1S/C15H23N3O2/c1-11(2)8-14(19)18-6-4-13(5-7-18)20-15-16-9-12(3)10-17-15/h9-11,13H,4-8H2,1-3H3. The van der Waals surface area contributed by atoms with Crippen molar-refractivity contribution in [2.75, 3.05) is 13.1 Å². The van der Waals surface area contributed by atoms with Crippen molar-refractivity contribution in [3.05, 3.63) is 18.0 Å². The first-order valence-electron chi connectivity index (χ1n) is 7.27. The number of piperidine rings is 1. The molecule has 20 heavy (non-hydrogen) atoms. The fraction of sp³-hybridized carbons (Fsp3) is 0.667. The molecule has 110 valence electrons. The van der Waals surface area contributed by atoms with E-state index in [-0.39, 0.29) is 12.0 Å². The van der Waals surface area contributed by atoms with Crippen molar-refractivity contribution in [1.29, 1.82) is 0 Å². The third-order valence-corrected chi connectivity index (χ3v) is 3.41. The molecule has 1 aliphatic heterocycles. The molecule has 0 radical (unpaired) electrons. The minimum Gasteiger partial charge on any atom is -0.460 e. The van der Waals surface area contributed by atoms with Crippen molar-refractivity contribution in [3.8, 4) is 6.01 Å². The van der Waals surface area contributed by atoms with E-state index in [9.17, 15) is 4.79 Å². The molecule has 5 nitrogen and oxygen atoms in total. The highest BCUT2D eigenvalue weighted by Crippen LogP contribution is 2.17. The van der Waals surface area contributed by atoms with E-state index >= 15 is 0 Å². The van der Waals surface area contributed by atoms with Gasteiger partial charge in [-0.05, 0) is 18.4 Å². The molecule has 1 aromatic rings. The Bertz CT molecular complexity index is 437. The summed E-state index contributed by atoms with van der Waals surface area (Å²) < 4.78 is 5.76. The monoisotopic (exact) mass is 277 g/mol. The Balaban J connectivity index is 1.79. The number of carbonyl (C=O) groups excluding carboxylic acids is 1. The molecule has 2 rings (SSSR count). The normalized spacial score (nSPS) is 16.5. The van der Waals surface area contributed by atoms with Crippen LogP contribution in [0, 0.1) is 12.8 Å². The molecule has 1 aromatic heterocycles. The number of rotatable bonds is 4. The summed E-state index contributed by atoms with van der Waals surface area (Å²) in [6, 6.07) is 0.433. The molecule has 0 aliphatic carbocycles. The zero-order valence-corrected chi connectivity index (χ0v) is 12.5. The van der Waals surface area contributed by atoms with Crippen LogP contribution < -0.4 is 4.74 Å². The molecule has 0 atom stereocenters. The van der Waals surface area contributed by atoms with Crippen LogP contribution in [0.1, 0.15) is 38.7 Å². The lowest BCUT2D eigenvalue weighted by Gasteiger charge is -2.32. The van der Waals surface area contributed by atoms with Crippen LogP contribution in [0.25, 0.3) is 0 Å². The second-order valence-corrected chi connectivity index (χ2v) is 5.84. The molecule has 0 saturated carbocycles. The third kappa shape index (κ3) is 4.18. The molecule has 2 heterocycles. The molecule has 1 aliphatic rings. The molecule has 5 heteroatoms. The molecule has 0 bridgehead atoms. The van der Waals surface area contributed by atoms with Gasteiger partial charge in [-0.2, -0.15) is 0 Å². The number of nitrogens with zero attached hydrogens (tertiary/aromatic N) is 3. The van der Waals surface area contributed by atoms with Crippen molar-refractivity contribution in [2.45, 2.75) is 46.1 Å². The molecule has 1 amide bonds. The van der Waals surface area contributed by atoms with E-state index in [2.05, 4.69) is 23.8 Å². The van der Waals surface area contributed by atoms with Crippen LogP contribution in [-0.2, 0) is 4.79 Å². The van der Waals surface area contributed by atoms with Crippen molar-refractivity contribution < 1.29 is 9.53 Å². The second kappa shape index (κ2) is 6.68. The lowest BCUT2D eigenvalue weighted by Crippen LogP contribution is -2.42. The van der Waals surface area contributed by atoms with E-state index in [4.69, 9.17) is 4.74 Å². The van der Waals surface area contributed by atoms with Crippen molar-refractivity contribution in [2.24, 2.45) is 5.92 Å². The summed E-state index contributed by atoms with van der Waals surface area (Å²) >= 11 is 0. The van der Waals surface area contributed by atoms with Gasteiger partial charge >= 0.3 is 6.01 Å². The summed E-state index contributed by atoms with van der Waals surface area (Å²) in [5.74, 6) is 0.669. The van der Waals surface area contributed by atoms with E-state index in [0.29, 0.717) is 18.3 Å². The van der Waals surface area contributed by atoms with Crippen LogP contribution >= 0.6 is 0 Å². The summed E-state index contributed by atoms with van der Waals surface area (Å²) in [6.07, 6.45) is 5.95. The number of hydrogen-bond acceptors (Lipinski definition) is 4. The van der Waals surface area contributed by atoms with Crippen molar-refractivity contribution in [1.82, 2.24) is 14.9 Å². The first kappa shape index (κ1) is 14.8. The molecular weight excluding hydrogens is 254 g/mol. The zero-order valence-electron chi connectivity index (χ0n) is 12.5. The zero-order chi connectivity index (χ0) is 14.5. The number of ether oxygens (including phenoxy) is 1. The van der Waals surface area contributed by atoms with Gasteiger partial charge in [-0.1, -0.05) is 13.8 Å². The van der Waals surface area contributed by atoms with Gasteiger partial charge in [-0.3, -0.25) is 4.79 Å². The van der Waals surface area contributed by atoms with Gasteiger partial charge in [0.15, 0.2) is 0 Å². The average Bonchev–Trinajstić information content (AvgIpc) is 2.41. The van der Waals surface area contributed by atoms with E-state index in [0.717, 1.165) is 31.5 Å². The van der Waals surface area contributed by atoms with Crippen LogP contribution in [-0.4, -0.2) is 40.0 Å². The number of aromatic nitrogens is 2. The van der Waals surface area contributed by atoms with Gasteiger partial charge in [0, 0.05) is 44.7 Å². The Morgan fingerprint density at radius 1 is 1.35 bits per heavy atom. The van der Waals surface area contributed by atoms with Crippen LogP contribution in [0.4, 0.5) is 0 Å². The van der Waals surface area contributed by atoms with Gasteiger partial charge in [-0.25, -0.2) is 9.97 Å². The fourth-order valence-corrected chi connectivity index (χ4v) is 2.29. The molecule has 0 aromatic carbocycles. The molecule has 0 N–H and O–H groups in total. The lowest BCUT2D eigenvalue weighted by atomic mass is 10.1. The van der Waals surface area contributed by atoms with Gasteiger partial charge in [0.25, 0.3) is 0 Å². The Hall–Kier alpha value is -1.65. The summed E-state index contributed by atoms with van der Waals surface area (Å²) in [6.45, 7) is 7.62. The van der Waals surface area contributed by atoms with Crippen molar-refractivity contribution in [3.63, 3.8) is 0 Å². The maximum absolute atomic E-state index is 12.0. The highest BCUT2D eigenvalue weighted by molar-refractivity contribution is 5.76. The van der Waals surface area contributed by atoms with E-state index in [1.807, 2.05) is 11.8 Å². The van der Waals surface area contributed by atoms with E-state index in [1.165, 1.54) is 0 Å². The van der Waals surface area contributed by atoms with Gasteiger partial charge in [0.2, 0.25) is 5.91 Å². The first-order chi connectivity index (χ1) is 9.54. The summed E-state index contributed by atoms with van der Waals surface area (Å²) in [7, 11) is 0. The fourth-order valence-electron chi connectivity index (χ4n) is 2.29. The first-order valence-corrected chi connectivity index (χ1v) is 7.27. The Morgan fingerprint density at radius 3 is 2.50 bits per heavy atom. The van der Waals surface area contributed by atoms with E-state index < -0.39 is 0 Å². The summed E-state index contributed by atoms with van der Waals surface area (Å²) in [5.41, 5.74) is 1.02. The maximum Gasteiger partial charge on any atom is 0.316 e. The quantitative estimate of drug-likeness (QED) is 0.846. The number of likely N-dealkylation sites (tertiary alicyclic amines) is 1. The molecule has 0 spiro atoms. The second-order valence-electron chi connectivity index (χ2n) is 5.84. The maximum atomic E-state index is 12.0. The van der Waals surface area contributed by atoms with Crippen LogP contribution in [0.2, 0.25) is 0 Å². The summed E-state index contributed by atoms with van der Waals surface area (Å²) in [4.78, 5) is 22.2. The summed E-state index contributed by atoms with van der Waals surface area (Å²) in [5, 5.41) is 0. The highest BCUT2D eigenvalue weighted by atomic mass is 16.5. The number of amides is 1. The van der Waals surface area contributed by atoms with Crippen LogP contribution in [0.5, 0.6) is 6.01 Å². The molecular formula is C15H23N3O2. The van der Waals surface area contributed by atoms with Crippen LogP contribution in [0.15, 0.2) is 12.4 Å². The van der Waals surface area contributed by atoms with Crippen molar-refractivity contribution >= 4 is 5.91 Å². The number of carbonyl (C=O) groups is 1. The van der Waals surface area contributed by atoms with Crippen LogP contribution in [0.3, 0.4) is 0 Å². The van der Waals surface area contributed by atoms with Gasteiger partial charge in [0.1, 0.15) is 6.10 Å². The molecule has 0 unspecified atom stereocenters. The number of hydrogen-bond donors (Lipinski definition) is 0. The average molecular weight is 277 g/mol. The van der Waals surface area contributed by atoms with Gasteiger partial charge < -0.3 is 9.64 Å². The Morgan fingerprint density at radius 2 is 1.95 bits per heavy atom. The predicted molar refractivity (Wildman–Crippen MR) is 76.5 cm³/mol. The van der Waals surface area contributed by atoms with E-state index in [1.54, 1.807) is 12.4 Å². The largest absolute Gasteiger partial charge is 0.460 e. The Labute approximate surface area is 120 Å². The van der Waals surface area contributed by atoms with Gasteiger partial charge in [-0.15, -0.1) is 0 Å². The molecule has 1 fully saturated rings. The van der Waals surface area contributed by atoms with Gasteiger partial charge in [0.05, 0.1) is 0 Å². The molecule has 1 saturated heterocycles. The third-order valence-electron chi connectivity index (χ3n) is 3.41. The topological polar surface area (TPSA) is 55.3 Å². The number of aryl methyl sites for hydroxylation is 1. The lowest BCUT2D eigenvalue weighted by molar-refractivity contribution is -0.133. The minimum atomic E-state index is 0.112.